The van der Waals surface area contributed by atoms with Gasteiger partial charge in [0.25, 0.3) is 0 Å². The van der Waals surface area contributed by atoms with Crippen molar-refractivity contribution in [2.24, 2.45) is 0 Å². The van der Waals surface area contributed by atoms with E-state index in [-0.39, 0.29) is 5.91 Å². The van der Waals surface area contributed by atoms with Gasteiger partial charge in [-0.05, 0) is 59.4 Å². The van der Waals surface area contributed by atoms with Gasteiger partial charge in [-0.2, -0.15) is 0 Å². The summed E-state index contributed by atoms with van der Waals surface area (Å²) in [5.74, 6) is 0.942. The van der Waals surface area contributed by atoms with E-state index in [0.29, 0.717) is 12.5 Å². The molecular weight excluding hydrogens is 320 g/mol. The topological polar surface area (TPSA) is 50.4 Å². The summed E-state index contributed by atoms with van der Waals surface area (Å²) in [7, 11) is 1.64. The summed E-state index contributed by atoms with van der Waals surface area (Å²) in [6, 6.07) is 6.22. The summed E-state index contributed by atoms with van der Waals surface area (Å²) in [5, 5.41) is 6.39. The Kier molecular flexibility index (Phi) is 5.86. The first kappa shape index (κ1) is 15.3. The number of rotatable bonds is 5. The molecule has 0 radical (unpaired) electrons. The molecule has 5 heteroatoms. The van der Waals surface area contributed by atoms with E-state index in [1.807, 2.05) is 18.2 Å². The molecule has 2 rings (SSSR count). The van der Waals surface area contributed by atoms with Crippen LogP contribution in [0.3, 0.4) is 0 Å². The van der Waals surface area contributed by atoms with Crippen LogP contribution in [0.1, 0.15) is 24.8 Å². The summed E-state index contributed by atoms with van der Waals surface area (Å²) in [6.07, 6.45) is 3.48. The average molecular weight is 341 g/mol. The molecule has 20 heavy (non-hydrogen) atoms. The first-order valence-corrected chi connectivity index (χ1v) is 7.81. The summed E-state index contributed by atoms with van der Waals surface area (Å²) < 4.78 is 6.12. The third kappa shape index (κ3) is 4.49. The monoisotopic (exact) mass is 340 g/mol. The molecular formula is C15H21BrN2O2. The number of hydrogen-bond acceptors (Lipinski definition) is 3. The number of ether oxygens (including phenoxy) is 1. The Morgan fingerprint density at radius 2 is 2.40 bits per heavy atom. The Balaban J connectivity index is 1.79. The second-order valence-corrected chi connectivity index (χ2v) is 5.93. The molecule has 1 atom stereocenters. The molecule has 0 unspecified atom stereocenters. The van der Waals surface area contributed by atoms with Gasteiger partial charge >= 0.3 is 0 Å². The van der Waals surface area contributed by atoms with Crippen LogP contribution >= 0.6 is 15.9 Å². The van der Waals surface area contributed by atoms with Crippen LogP contribution < -0.4 is 15.4 Å². The first-order chi connectivity index (χ1) is 9.69. The van der Waals surface area contributed by atoms with Gasteiger partial charge in [-0.15, -0.1) is 0 Å². The van der Waals surface area contributed by atoms with Crippen LogP contribution in [0.5, 0.6) is 5.75 Å². The fraction of sp³-hybridized carbons (Fsp3) is 0.533. The van der Waals surface area contributed by atoms with Gasteiger partial charge in [0.05, 0.1) is 11.6 Å². The zero-order valence-electron chi connectivity index (χ0n) is 11.7. The molecule has 4 nitrogen and oxygen atoms in total. The van der Waals surface area contributed by atoms with E-state index in [1.165, 1.54) is 0 Å². The molecule has 1 amide bonds. The molecule has 2 N–H and O–H groups in total. The number of aryl methyl sites for hydroxylation is 1. The van der Waals surface area contributed by atoms with E-state index in [0.717, 1.165) is 48.1 Å². The van der Waals surface area contributed by atoms with E-state index >= 15 is 0 Å². The summed E-state index contributed by atoms with van der Waals surface area (Å²) >= 11 is 3.46. The Labute approximate surface area is 128 Å². The van der Waals surface area contributed by atoms with Crippen LogP contribution in [-0.2, 0) is 11.2 Å². The van der Waals surface area contributed by atoms with E-state index in [4.69, 9.17) is 4.74 Å². The number of halogens is 1. The molecule has 0 saturated carbocycles. The average Bonchev–Trinajstić information content (AvgIpc) is 2.46. The summed E-state index contributed by atoms with van der Waals surface area (Å²) in [6.45, 7) is 1.95. The van der Waals surface area contributed by atoms with Crippen molar-refractivity contribution in [1.29, 1.82) is 0 Å². The predicted octanol–water partition coefficient (Wildman–Crippen LogP) is 2.26. The van der Waals surface area contributed by atoms with Gasteiger partial charge in [0.2, 0.25) is 5.91 Å². The van der Waals surface area contributed by atoms with Crippen LogP contribution in [0.4, 0.5) is 0 Å². The lowest BCUT2D eigenvalue weighted by Gasteiger charge is -2.23. The Bertz CT molecular complexity index is 459. The number of amides is 1. The SMILES string of the molecule is COc1ccc(CCC(=O)N[C@H]2CCCNC2)cc1Br. The molecule has 1 aliphatic heterocycles. The largest absolute Gasteiger partial charge is 0.496 e. The maximum Gasteiger partial charge on any atom is 0.220 e. The molecule has 0 bridgehead atoms. The van der Waals surface area contributed by atoms with Crippen LogP contribution in [-0.4, -0.2) is 32.1 Å². The number of piperidine rings is 1. The van der Waals surface area contributed by atoms with Crippen molar-refractivity contribution < 1.29 is 9.53 Å². The third-order valence-electron chi connectivity index (χ3n) is 3.52. The Hall–Kier alpha value is -1.07. The molecule has 1 fully saturated rings. The highest BCUT2D eigenvalue weighted by Crippen LogP contribution is 2.25. The Morgan fingerprint density at radius 3 is 3.05 bits per heavy atom. The lowest BCUT2D eigenvalue weighted by molar-refractivity contribution is -0.121. The second kappa shape index (κ2) is 7.64. The van der Waals surface area contributed by atoms with Crippen molar-refractivity contribution in [2.45, 2.75) is 31.7 Å². The first-order valence-electron chi connectivity index (χ1n) is 7.01. The Morgan fingerprint density at radius 1 is 1.55 bits per heavy atom. The smallest absolute Gasteiger partial charge is 0.220 e. The third-order valence-corrected chi connectivity index (χ3v) is 4.14. The van der Waals surface area contributed by atoms with Crippen LogP contribution in [0, 0.1) is 0 Å². The van der Waals surface area contributed by atoms with E-state index in [2.05, 4.69) is 26.6 Å². The number of carbonyl (C=O) groups excluding carboxylic acids is 1. The highest BCUT2D eigenvalue weighted by atomic mass is 79.9. The number of methoxy groups -OCH3 is 1. The quantitative estimate of drug-likeness (QED) is 0.864. The summed E-state index contributed by atoms with van der Waals surface area (Å²) in [4.78, 5) is 11.9. The van der Waals surface area contributed by atoms with Gasteiger partial charge in [-0.25, -0.2) is 0 Å². The molecule has 1 aromatic rings. The van der Waals surface area contributed by atoms with E-state index in [1.54, 1.807) is 7.11 Å². The highest BCUT2D eigenvalue weighted by molar-refractivity contribution is 9.10. The zero-order valence-corrected chi connectivity index (χ0v) is 13.3. The highest BCUT2D eigenvalue weighted by Gasteiger charge is 2.15. The van der Waals surface area contributed by atoms with E-state index < -0.39 is 0 Å². The predicted molar refractivity (Wildman–Crippen MR) is 83.0 cm³/mol. The number of nitrogens with one attached hydrogen (secondary N) is 2. The van der Waals surface area contributed by atoms with Gasteiger partial charge in [0.15, 0.2) is 0 Å². The molecule has 0 aromatic heterocycles. The fourth-order valence-corrected chi connectivity index (χ4v) is 2.99. The van der Waals surface area contributed by atoms with Gasteiger partial charge in [-0.3, -0.25) is 4.79 Å². The summed E-state index contributed by atoms with van der Waals surface area (Å²) in [5.41, 5.74) is 1.13. The molecule has 1 aromatic carbocycles. The van der Waals surface area contributed by atoms with Gasteiger partial charge < -0.3 is 15.4 Å². The molecule has 1 heterocycles. The molecule has 0 spiro atoms. The van der Waals surface area contributed by atoms with Crippen LogP contribution in [0.2, 0.25) is 0 Å². The molecule has 110 valence electrons. The normalized spacial score (nSPS) is 18.6. The van der Waals surface area contributed by atoms with Gasteiger partial charge in [0, 0.05) is 19.0 Å². The maximum absolute atomic E-state index is 11.9. The van der Waals surface area contributed by atoms with Crippen molar-refractivity contribution in [3.63, 3.8) is 0 Å². The van der Waals surface area contributed by atoms with Crippen molar-refractivity contribution in [3.8, 4) is 5.75 Å². The minimum Gasteiger partial charge on any atom is -0.496 e. The lowest BCUT2D eigenvalue weighted by Crippen LogP contribution is -2.45. The fourth-order valence-electron chi connectivity index (χ4n) is 2.40. The van der Waals surface area contributed by atoms with Gasteiger partial charge in [0.1, 0.15) is 5.75 Å². The zero-order chi connectivity index (χ0) is 14.4. The maximum atomic E-state index is 11.9. The molecule has 1 saturated heterocycles. The standard InChI is InChI=1S/C15H21BrN2O2/c1-20-14-6-4-11(9-13(14)16)5-7-15(19)18-12-3-2-8-17-10-12/h4,6,9,12,17H,2-3,5,7-8,10H2,1H3,(H,18,19)/t12-/m0/s1. The number of hydrogen-bond donors (Lipinski definition) is 2. The van der Waals surface area contributed by atoms with Crippen LogP contribution in [0.15, 0.2) is 22.7 Å². The van der Waals surface area contributed by atoms with Crippen molar-refractivity contribution >= 4 is 21.8 Å². The van der Waals surface area contributed by atoms with Crippen molar-refractivity contribution in [2.75, 3.05) is 20.2 Å². The lowest BCUT2D eigenvalue weighted by atomic mass is 10.1. The number of benzene rings is 1. The number of carbonyl (C=O) groups is 1. The second-order valence-electron chi connectivity index (χ2n) is 5.08. The van der Waals surface area contributed by atoms with Crippen molar-refractivity contribution in [3.05, 3.63) is 28.2 Å². The van der Waals surface area contributed by atoms with Gasteiger partial charge in [-0.1, -0.05) is 6.07 Å². The molecule has 1 aliphatic rings. The molecule has 0 aliphatic carbocycles. The van der Waals surface area contributed by atoms with Crippen molar-refractivity contribution in [1.82, 2.24) is 10.6 Å². The minimum absolute atomic E-state index is 0.130. The minimum atomic E-state index is 0.130. The van der Waals surface area contributed by atoms with Crippen LogP contribution in [0.25, 0.3) is 0 Å². The van der Waals surface area contributed by atoms with E-state index in [9.17, 15) is 4.79 Å².